The first-order valence-electron chi connectivity index (χ1n) is 3.26. The third kappa shape index (κ3) is 4.69. The maximum atomic E-state index is 10.6. The molecule has 0 amide bonds. The van der Waals surface area contributed by atoms with Crippen molar-refractivity contribution in [3.63, 3.8) is 0 Å². The van der Waals surface area contributed by atoms with Crippen LogP contribution in [-0.4, -0.2) is 4.89 Å². The lowest BCUT2D eigenvalue weighted by Crippen LogP contribution is -1.75. The van der Waals surface area contributed by atoms with Crippen LogP contribution in [0.5, 0.6) is 0 Å². The van der Waals surface area contributed by atoms with Crippen LogP contribution in [0.2, 0.25) is 5.02 Å². The van der Waals surface area contributed by atoms with Gasteiger partial charge in [-0.05, 0) is 24.3 Å². The summed E-state index contributed by atoms with van der Waals surface area (Å²) in [6.07, 6.45) is 0. The Hall–Kier alpha value is 0.01000. The van der Waals surface area contributed by atoms with Gasteiger partial charge in [0.1, 0.15) is 0 Å². The Morgan fingerprint density at radius 2 is 2.00 bits per heavy atom. The minimum absolute atomic E-state index is 0.603. The molecule has 1 radical (unpaired) electrons. The third-order valence-electron chi connectivity index (χ3n) is 1.06. The summed E-state index contributed by atoms with van der Waals surface area (Å²) < 4.78 is 15.2. The minimum atomic E-state index is -3.66. The summed E-state index contributed by atoms with van der Waals surface area (Å²) in [5.74, 6) is 0. The smallest absolute Gasteiger partial charge is 0.324 e. The van der Waals surface area contributed by atoms with Gasteiger partial charge >= 0.3 is 7.60 Å². The molecule has 0 fully saturated rings. The van der Waals surface area contributed by atoms with E-state index < -0.39 is 7.60 Å². The molecule has 0 aliphatic rings. The molecule has 0 bridgehead atoms. The number of rotatable bonds is 3. The second-order valence-electron chi connectivity index (χ2n) is 2.25. The van der Waals surface area contributed by atoms with Gasteiger partial charge in [-0.25, -0.2) is 3.97 Å². The summed E-state index contributed by atoms with van der Waals surface area (Å²) >= 11 is 6.44. The summed E-state index contributed by atoms with van der Waals surface area (Å²) in [7, 11) is -3.66. The van der Waals surface area contributed by atoms with Crippen molar-refractivity contribution in [2.24, 2.45) is 0 Å². The Bertz CT molecular complexity index is 321. The molecule has 1 atom stereocenters. The van der Waals surface area contributed by atoms with Crippen molar-refractivity contribution in [1.82, 2.24) is 0 Å². The molecule has 1 aromatic rings. The number of hydrogen-bond donors (Lipinski definition) is 1. The fourth-order valence-corrected chi connectivity index (χ4v) is 1.77. The zero-order chi connectivity index (χ0) is 9.90. The SMILES string of the molecule is [CH2]P(=O)(O)OSc1ccc(Cl)cc1. The van der Waals surface area contributed by atoms with E-state index in [4.69, 9.17) is 16.5 Å². The molecule has 71 valence electrons. The van der Waals surface area contributed by atoms with Crippen LogP contribution in [-0.2, 0) is 8.54 Å². The fraction of sp³-hybridized carbons (Fsp3) is 0. The summed E-state index contributed by atoms with van der Waals surface area (Å²) in [4.78, 5) is 9.41. The van der Waals surface area contributed by atoms with E-state index in [0.717, 1.165) is 12.0 Å². The quantitative estimate of drug-likeness (QED) is 0.647. The number of halogens is 1. The van der Waals surface area contributed by atoms with Crippen LogP contribution in [0.25, 0.3) is 0 Å². The maximum Gasteiger partial charge on any atom is 0.340 e. The number of hydrogen-bond acceptors (Lipinski definition) is 3. The van der Waals surface area contributed by atoms with E-state index in [1.165, 1.54) is 0 Å². The van der Waals surface area contributed by atoms with Crippen molar-refractivity contribution in [3.05, 3.63) is 36.0 Å². The molecule has 0 heterocycles. The van der Waals surface area contributed by atoms with Crippen LogP contribution in [0.15, 0.2) is 29.2 Å². The van der Waals surface area contributed by atoms with Gasteiger partial charge in [-0.2, -0.15) is 0 Å². The minimum Gasteiger partial charge on any atom is -0.324 e. The maximum absolute atomic E-state index is 10.6. The molecular weight excluding hydrogens is 231 g/mol. The lowest BCUT2D eigenvalue weighted by atomic mass is 10.4. The molecule has 1 rings (SSSR count). The molecule has 0 saturated heterocycles. The summed E-state index contributed by atoms with van der Waals surface area (Å²) in [5, 5.41) is 0.603. The summed E-state index contributed by atoms with van der Waals surface area (Å²) in [6, 6.07) is 6.70. The second kappa shape index (κ2) is 4.49. The molecule has 0 aliphatic heterocycles. The Morgan fingerprint density at radius 1 is 1.46 bits per heavy atom. The lowest BCUT2D eigenvalue weighted by molar-refractivity contribution is 0.413. The monoisotopic (exact) mass is 237 g/mol. The van der Waals surface area contributed by atoms with Gasteiger partial charge in [0.05, 0.1) is 6.66 Å². The molecule has 1 N–H and O–H groups in total. The first kappa shape index (κ1) is 11.1. The Balaban J connectivity index is 2.56. The van der Waals surface area contributed by atoms with Crippen molar-refractivity contribution in [3.8, 4) is 0 Å². The molecule has 1 unspecified atom stereocenters. The molecule has 0 aromatic heterocycles. The zero-order valence-corrected chi connectivity index (χ0v) is 8.98. The van der Waals surface area contributed by atoms with Gasteiger partial charge in [-0.3, -0.25) is 4.57 Å². The van der Waals surface area contributed by atoms with E-state index in [1.807, 2.05) is 0 Å². The molecule has 1 aromatic carbocycles. The normalized spacial score (nSPS) is 15.3. The standard InChI is InChI=1S/C7H7ClO3PS/c1-12(9,10)11-13-7-4-2-6(8)3-5-7/h2-5H,1H2,(H,9,10). The highest BCUT2D eigenvalue weighted by molar-refractivity contribution is 7.98. The van der Waals surface area contributed by atoms with Crippen LogP contribution in [0.1, 0.15) is 0 Å². The molecule has 13 heavy (non-hydrogen) atoms. The predicted molar refractivity (Wildman–Crippen MR) is 53.6 cm³/mol. The highest BCUT2D eigenvalue weighted by Crippen LogP contribution is 2.45. The third-order valence-corrected chi connectivity index (χ3v) is 3.01. The highest BCUT2D eigenvalue weighted by Gasteiger charge is 2.11. The molecule has 0 saturated carbocycles. The largest absolute Gasteiger partial charge is 0.340 e. The Morgan fingerprint density at radius 3 is 2.46 bits per heavy atom. The van der Waals surface area contributed by atoms with Gasteiger partial charge in [0.25, 0.3) is 0 Å². The van der Waals surface area contributed by atoms with E-state index in [9.17, 15) is 4.57 Å². The van der Waals surface area contributed by atoms with Crippen LogP contribution in [0.4, 0.5) is 0 Å². The van der Waals surface area contributed by atoms with Crippen molar-refractivity contribution >= 4 is 31.2 Å². The van der Waals surface area contributed by atoms with Crippen molar-refractivity contribution in [2.45, 2.75) is 4.90 Å². The summed E-state index contributed by atoms with van der Waals surface area (Å²) in [5.41, 5.74) is 0. The predicted octanol–water partition coefficient (Wildman–Crippen LogP) is 3.34. The molecular formula is C7H7ClO3PS. The van der Waals surface area contributed by atoms with Crippen LogP contribution >= 0.6 is 31.2 Å². The van der Waals surface area contributed by atoms with Gasteiger partial charge < -0.3 is 4.89 Å². The van der Waals surface area contributed by atoms with E-state index in [1.54, 1.807) is 24.3 Å². The Labute approximate surface area is 85.8 Å². The van der Waals surface area contributed by atoms with Crippen molar-refractivity contribution in [2.75, 3.05) is 0 Å². The van der Waals surface area contributed by atoms with Crippen molar-refractivity contribution in [1.29, 1.82) is 0 Å². The second-order valence-corrected chi connectivity index (χ2v) is 5.19. The lowest BCUT2D eigenvalue weighted by Gasteiger charge is -2.04. The average molecular weight is 238 g/mol. The van der Waals surface area contributed by atoms with E-state index in [0.29, 0.717) is 9.92 Å². The van der Waals surface area contributed by atoms with Crippen LogP contribution < -0.4 is 0 Å². The van der Waals surface area contributed by atoms with Gasteiger partial charge in [-0.1, -0.05) is 11.6 Å². The van der Waals surface area contributed by atoms with E-state index in [2.05, 4.69) is 10.6 Å². The Kier molecular flexibility index (Phi) is 3.83. The number of benzene rings is 1. The van der Waals surface area contributed by atoms with Crippen molar-refractivity contribution < 1.29 is 13.4 Å². The van der Waals surface area contributed by atoms with Gasteiger partial charge in [-0.15, -0.1) is 0 Å². The fourth-order valence-electron chi connectivity index (χ4n) is 0.591. The summed E-state index contributed by atoms with van der Waals surface area (Å²) in [6.45, 7) is 2.95. The van der Waals surface area contributed by atoms with Crippen LogP contribution in [0, 0.1) is 6.66 Å². The van der Waals surface area contributed by atoms with Gasteiger partial charge in [0, 0.05) is 22.0 Å². The highest BCUT2D eigenvalue weighted by atomic mass is 35.5. The molecule has 3 nitrogen and oxygen atoms in total. The molecule has 6 heteroatoms. The first-order valence-corrected chi connectivity index (χ1v) is 6.14. The van der Waals surface area contributed by atoms with E-state index >= 15 is 0 Å². The average Bonchev–Trinajstić information content (AvgIpc) is 2.02. The zero-order valence-electron chi connectivity index (χ0n) is 6.51. The molecule has 0 spiro atoms. The van der Waals surface area contributed by atoms with Gasteiger partial charge in [0.15, 0.2) is 0 Å². The first-order chi connectivity index (χ1) is 5.97. The topological polar surface area (TPSA) is 46.5 Å². The van der Waals surface area contributed by atoms with E-state index in [-0.39, 0.29) is 0 Å². The molecule has 0 aliphatic carbocycles. The van der Waals surface area contributed by atoms with Crippen LogP contribution in [0.3, 0.4) is 0 Å². The van der Waals surface area contributed by atoms with Gasteiger partial charge in [0.2, 0.25) is 0 Å².